The number of hydrogen-bond acceptors (Lipinski definition) is 5. The van der Waals surface area contributed by atoms with Gasteiger partial charge < -0.3 is 10.4 Å². The van der Waals surface area contributed by atoms with Crippen molar-refractivity contribution in [3.8, 4) is 0 Å². The highest BCUT2D eigenvalue weighted by atomic mass is 32.1. The number of aryl methyl sites for hydroxylation is 1. The molecule has 20 heavy (non-hydrogen) atoms. The second kappa shape index (κ2) is 4.90. The maximum Gasteiger partial charge on any atom is 0.357 e. The lowest BCUT2D eigenvalue weighted by Crippen LogP contribution is -2.01. The van der Waals surface area contributed by atoms with E-state index in [9.17, 15) is 4.79 Å². The van der Waals surface area contributed by atoms with Crippen molar-refractivity contribution in [1.29, 1.82) is 0 Å². The topological polar surface area (TPSA) is 75.1 Å². The van der Waals surface area contributed by atoms with Crippen LogP contribution in [0.3, 0.4) is 0 Å². The number of nitrogens with zero attached hydrogens (tertiary/aromatic N) is 2. The van der Waals surface area contributed by atoms with Crippen LogP contribution in [-0.2, 0) is 0 Å². The summed E-state index contributed by atoms with van der Waals surface area (Å²) in [4.78, 5) is 19.4. The third-order valence-electron chi connectivity index (χ3n) is 2.88. The Labute approximate surface area is 118 Å². The van der Waals surface area contributed by atoms with Crippen LogP contribution in [0.1, 0.15) is 16.2 Å². The Bertz CT molecular complexity index is 798. The molecule has 2 heterocycles. The van der Waals surface area contributed by atoms with Crippen LogP contribution < -0.4 is 5.32 Å². The summed E-state index contributed by atoms with van der Waals surface area (Å²) in [5.74, 6) is -1.04. The number of carboxylic acids is 1. The van der Waals surface area contributed by atoms with Gasteiger partial charge in [-0.3, -0.25) is 4.98 Å². The van der Waals surface area contributed by atoms with Gasteiger partial charge in [-0.05, 0) is 19.1 Å². The van der Waals surface area contributed by atoms with Gasteiger partial charge in [-0.2, -0.15) is 0 Å². The Hall–Kier alpha value is -2.47. The fraction of sp³-hybridized carbons (Fsp3) is 0.0714. The first kappa shape index (κ1) is 12.6. The highest BCUT2D eigenvalue weighted by molar-refractivity contribution is 7.14. The lowest BCUT2D eigenvalue weighted by Gasteiger charge is -2.08. The molecule has 6 heteroatoms. The van der Waals surface area contributed by atoms with Crippen LogP contribution in [-0.4, -0.2) is 21.0 Å². The molecule has 0 radical (unpaired) electrons. The molecule has 0 fully saturated rings. The van der Waals surface area contributed by atoms with E-state index in [4.69, 9.17) is 5.11 Å². The third-order valence-corrected chi connectivity index (χ3v) is 3.62. The molecule has 1 aromatic carbocycles. The van der Waals surface area contributed by atoms with Crippen LogP contribution in [0, 0.1) is 6.92 Å². The molecule has 100 valence electrons. The van der Waals surface area contributed by atoms with E-state index in [1.807, 2.05) is 37.3 Å². The molecule has 0 spiro atoms. The summed E-state index contributed by atoms with van der Waals surface area (Å²) in [7, 11) is 0. The van der Waals surface area contributed by atoms with Gasteiger partial charge in [0.25, 0.3) is 0 Å². The van der Waals surface area contributed by atoms with E-state index in [2.05, 4.69) is 15.3 Å². The number of fused-ring (bicyclic) bond motifs is 1. The normalized spacial score (nSPS) is 10.7. The summed E-state index contributed by atoms with van der Waals surface area (Å²) in [6.45, 7) is 1.92. The number of aromatic carboxylic acids is 1. The molecule has 5 nitrogen and oxygen atoms in total. The van der Waals surface area contributed by atoms with E-state index in [1.165, 1.54) is 16.8 Å². The zero-order valence-electron chi connectivity index (χ0n) is 10.6. The summed E-state index contributed by atoms with van der Waals surface area (Å²) in [5, 5.41) is 13.7. The quantitative estimate of drug-likeness (QED) is 0.771. The van der Waals surface area contributed by atoms with E-state index in [0.29, 0.717) is 5.00 Å². The van der Waals surface area contributed by atoms with Gasteiger partial charge in [0.2, 0.25) is 0 Å². The minimum Gasteiger partial charge on any atom is -0.476 e. The molecule has 0 amide bonds. The lowest BCUT2D eigenvalue weighted by atomic mass is 10.1. The molecule has 0 aliphatic carbocycles. The molecule has 0 atom stereocenters. The molecule has 0 saturated heterocycles. The van der Waals surface area contributed by atoms with Crippen molar-refractivity contribution in [3.05, 3.63) is 47.2 Å². The van der Waals surface area contributed by atoms with Gasteiger partial charge >= 0.3 is 5.97 Å². The van der Waals surface area contributed by atoms with E-state index in [0.717, 1.165) is 22.3 Å². The van der Waals surface area contributed by atoms with Crippen molar-refractivity contribution in [3.63, 3.8) is 0 Å². The van der Waals surface area contributed by atoms with Crippen molar-refractivity contribution in [2.45, 2.75) is 6.92 Å². The van der Waals surface area contributed by atoms with Gasteiger partial charge in [0.15, 0.2) is 5.69 Å². The second-order valence-electron chi connectivity index (χ2n) is 4.29. The van der Waals surface area contributed by atoms with E-state index in [-0.39, 0.29) is 5.69 Å². The molecule has 0 bridgehead atoms. The number of carboxylic acid groups (broad SMARTS) is 1. The predicted octanol–water partition coefficient (Wildman–Crippen LogP) is 3.44. The minimum absolute atomic E-state index is 0.0275. The number of rotatable bonds is 3. The largest absolute Gasteiger partial charge is 0.476 e. The molecule has 0 aliphatic rings. The monoisotopic (exact) mass is 285 g/mol. The molecule has 0 saturated carbocycles. The fourth-order valence-corrected chi connectivity index (χ4v) is 2.64. The summed E-state index contributed by atoms with van der Waals surface area (Å²) in [5.41, 5.74) is 4.04. The standard InChI is InChI=1S/C14H11N3O2S/c1-8-5-6-9-3-2-4-10(11(9)16-8)17-13-12(14(18)19)15-7-20-13/h2-7,17H,1H3,(H,18,19). The summed E-state index contributed by atoms with van der Waals surface area (Å²) in [6, 6.07) is 9.69. The lowest BCUT2D eigenvalue weighted by molar-refractivity contribution is 0.0692. The van der Waals surface area contributed by atoms with Gasteiger partial charge in [0.05, 0.1) is 16.7 Å². The van der Waals surface area contributed by atoms with E-state index >= 15 is 0 Å². The fourth-order valence-electron chi connectivity index (χ4n) is 1.96. The number of anilines is 2. The summed E-state index contributed by atoms with van der Waals surface area (Å²) in [6.07, 6.45) is 0. The van der Waals surface area contributed by atoms with Gasteiger partial charge in [0, 0.05) is 11.1 Å². The average molecular weight is 285 g/mol. The Morgan fingerprint density at radius 2 is 2.15 bits per heavy atom. The highest BCUT2D eigenvalue weighted by Gasteiger charge is 2.14. The van der Waals surface area contributed by atoms with Gasteiger partial charge in [-0.25, -0.2) is 9.78 Å². The number of para-hydroxylation sites is 1. The van der Waals surface area contributed by atoms with E-state index < -0.39 is 5.97 Å². The second-order valence-corrected chi connectivity index (χ2v) is 5.14. The van der Waals surface area contributed by atoms with Crippen molar-refractivity contribution >= 4 is 38.9 Å². The summed E-state index contributed by atoms with van der Waals surface area (Å²) >= 11 is 1.25. The Morgan fingerprint density at radius 1 is 1.30 bits per heavy atom. The first-order chi connectivity index (χ1) is 9.65. The summed E-state index contributed by atoms with van der Waals surface area (Å²) < 4.78 is 0. The van der Waals surface area contributed by atoms with Crippen LogP contribution >= 0.6 is 11.3 Å². The molecule has 0 aliphatic heterocycles. The van der Waals surface area contributed by atoms with Gasteiger partial charge in [-0.15, -0.1) is 11.3 Å². The Balaban J connectivity index is 2.08. The number of thiazole rings is 1. The highest BCUT2D eigenvalue weighted by Crippen LogP contribution is 2.29. The number of carbonyl (C=O) groups is 1. The smallest absolute Gasteiger partial charge is 0.357 e. The van der Waals surface area contributed by atoms with Crippen molar-refractivity contribution in [2.24, 2.45) is 0 Å². The zero-order chi connectivity index (χ0) is 14.1. The van der Waals surface area contributed by atoms with Crippen molar-refractivity contribution in [2.75, 3.05) is 5.32 Å². The number of hydrogen-bond donors (Lipinski definition) is 2. The van der Waals surface area contributed by atoms with Crippen LogP contribution in [0.5, 0.6) is 0 Å². The van der Waals surface area contributed by atoms with E-state index in [1.54, 1.807) is 0 Å². The zero-order valence-corrected chi connectivity index (χ0v) is 11.4. The average Bonchev–Trinajstić information content (AvgIpc) is 2.88. The maximum atomic E-state index is 11.1. The molecular formula is C14H11N3O2S. The van der Waals surface area contributed by atoms with Crippen LogP contribution in [0.25, 0.3) is 10.9 Å². The van der Waals surface area contributed by atoms with Gasteiger partial charge in [-0.1, -0.05) is 18.2 Å². The third kappa shape index (κ3) is 2.21. The SMILES string of the molecule is Cc1ccc2cccc(Nc3scnc3C(=O)O)c2n1. The maximum absolute atomic E-state index is 11.1. The van der Waals surface area contributed by atoms with Gasteiger partial charge in [0.1, 0.15) is 5.00 Å². The Morgan fingerprint density at radius 3 is 2.95 bits per heavy atom. The van der Waals surface area contributed by atoms with Crippen LogP contribution in [0.4, 0.5) is 10.7 Å². The molecule has 2 aromatic heterocycles. The molecule has 3 aromatic rings. The number of pyridine rings is 1. The van der Waals surface area contributed by atoms with Crippen molar-refractivity contribution in [1.82, 2.24) is 9.97 Å². The number of nitrogens with one attached hydrogen (secondary N) is 1. The molecule has 2 N–H and O–H groups in total. The Kier molecular flexibility index (Phi) is 3.08. The van der Waals surface area contributed by atoms with Crippen LogP contribution in [0.2, 0.25) is 0 Å². The molecule has 3 rings (SSSR count). The number of benzene rings is 1. The predicted molar refractivity (Wildman–Crippen MR) is 78.8 cm³/mol. The minimum atomic E-state index is -1.04. The first-order valence-electron chi connectivity index (χ1n) is 5.95. The van der Waals surface area contributed by atoms with Crippen LogP contribution in [0.15, 0.2) is 35.8 Å². The molecule has 0 unspecified atom stereocenters. The number of aromatic nitrogens is 2. The molecular weight excluding hydrogens is 274 g/mol. The first-order valence-corrected chi connectivity index (χ1v) is 6.83. The van der Waals surface area contributed by atoms with Crippen molar-refractivity contribution < 1.29 is 9.90 Å².